The SMILES string of the molecule is C[NH+](c1ccccc1)c1ccccc1.c1ccccc1. The van der Waals surface area contributed by atoms with Crippen LogP contribution >= 0.6 is 0 Å². The highest BCUT2D eigenvalue weighted by Crippen LogP contribution is 2.05. The first kappa shape index (κ1) is 14.0. The van der Waals surface area contributed by atoms with Crippen molar-refractivity contribution in [2.24, 2.45) is 0 Å². The highest BCUT2D eigenvalue weighted by atomic mass is 15.1. The van der Waals surface area contributed by atoms with E-state index in [2.05, 4.69) is 55.6 Å². The van der Waals surface area contributed by atoms with Gasteiger partial charge in [-0.05, 0) is 24.3 Å². The predicted molar refractivity (Wildman–Crippen MR) is 85.5 cm³/mol. The van der Waals surface area contributed by atoms with E-state index in [1.165, 1.54) is 16.3 Å². The molecule has 0 aliphatic carbocycles. The Morgan fingerprint density at radius 1 is 0.450 bits per heavy atom. The average molecular weight is 262 g/mol. The third kappa shape index (κ3) is 4.38. The first-order valence-corrected chi connectivity index (χ1v) is 6.82. The Hall–Kier alpha value is -2.38. The molecule has 1 N–H and O–H groups in total. The average Bonchev–Trinajstić information content (AvgIpc) is 2.58. The molecule has 0 saturated heterocycles. The van der Waals surface area contributed by atoms with E-state index in [4.69, 9.17) is 0 Å². The topological polar surface area (TPSA) is 4.44 Å². The fraction of sp³-hybridized carbons (Fsp3) is 0.0526. The van der Waals surface area contributed by atoms with Crippen molar-refractivity contribution in [3.63, 3.8) is 0 Å². The molecule has 0 fully saturated rings. The molecule has 0 aromatic heterocycles. The number of hydrogen-bond acceptors (Lipinski definition) is 0. The number of rotatable bonds is 2. The van der Waals surface area contributed by atoms with Gasteiger partial charge in [0.15, 0.2) is 0 Å². The maximum atomic E-state index is 2.16. The van der Waals surface area contributed by atoms with Gasteiger partial charge in [-0.15, -0.1) is 0 Å². The summed E-state index contributed by atoms with van der Waals surface area (Å²) in [4.78, 5) is 1.33. The van der Waals surface area contributed by atoms with Gasteiger partial charge >= 0.3 is 0 Å². The van der Waals surface area contributed by atoms with E-state index in [0.717, 1.165) is 0 Å². The fourth-order valence-corrected chi connectivity index (χ4v) is 1.93. The van der Waals surface area contributed by atoms with Gasteiger partial charge in [0.1, 0.15) is 11.4 Å². The Morgan fingerprint density at radius 3 is 1.00 bits per heavy atom. The van der Waals surface area contributed by atoms with E-state index < -0.39 is 0 Å². The highest BCUT2D eigenvalue weighted by Gasteiger charge is 2.07. The van der Waals surface area contributed by atoms with Crippen LogP contribution in [0.15, 0.2) is 97.1 Å². The van der Waals surface area contributed by atoms with Gasteiger partial charge in [-0.25, -0.2) is 0 Å². The molecule has 0 aliphatic rings. The lowest BCUT2D eigenvalue weighted by Gasteiger charge is -2.12. The van der Waals surface area contributed by atoms with Crippen LogP contribution in [0.1, 0.15) is 0 Å². The zero-order valence-electron chi connectivity index (χ0n) is 11.7. The summed E-state index contributed by atoms with van der Waals surface area (Å²) in [5, 5.41) is 0. The number of nitrogens with one attached hydrogen (secondary N) is 1. The minimum Gasteiger partial charge on any atom is -0.273 e. The lowest BCUT2D eigenvalue weighted by molar-refractivity contribution is -0.735. The summed E-state index contributed by atoms with van der Waals surface area (Å²) in [6.45, 7) is 0. The molecule has 20 heavy (non-hydrogen) atoms. The lowest BCUT2D eigenvalue weighted by Crippen LogP contribution is -2.98. The molecule has 0 radical (unpaired) electrons. The molecule has 3 aromatic rings. The van der Waals surface area contributed by atoms with Crippen LogP contribution in [0, 0.1) is 0 Å². The van der Waals surface area contributed by atoms with E-state index in [1.54, 1.807) is 0 Å². The molecule has 0 spiro atoms. The van der Waals surface area contributed by atoms with Gasteiger partial charge < -0.3 is 0 Å². The van der Waals surface area contributed by atoms with Crippen molar-refractivity contribution in [1.82, 2.24) is 0 Å². The summed E-state index contributed by atoms with van der Waals surface area (Å²) in [7, 11) is 2.16. The molecule has 3 aromatic carbocycles. The normalized spacial score (nSPS) is 9.70. The van der Waals surface area contributed by atoms with Crippen LogP contribution in [-0.2, 0) is 0 Å². The molecule has 0 unspecified atom stereocenters. The van der Waals surface area contributed by atoms with Crippen LogP contribution in [0.3, 0.4) is 0 Å². The summed E-state index contributed by atoms with van der Waals surface area (Å²) in [6.07, 6.45) is 0. The Bertz CT molecular complexity index is 510. The van der Waals surface area contributed by atoms with Crippen molar-refractivity contribution < 1.29 is 4.90 Å². The summed E-state index contributed by atoms with van der Waals surface area (Å²) < 4.78 is 0. The minimum atomic E-state index is 1.29. The standard InChI is InChI=1S/C13H13N.C6H6/c1-14(12-8-4-2-5-9-12)13-10-6-3-7-11-13;1-2-4-6-5-3-1/h2-11H,1H3;1-6H/p+1. The second-order valence-electron chi connectivity index (χ2n) is 4.51. The zero-order chi connectivity index (χ0) is 14.0. The number of benzene rings is 3. The molecule has 0 bridgehead atoms. The van der Waals surface area contributed by atoms with Gasteiger partial charge in [-0.2, -0.15) is 0 Å². The molecule has 0 amide bonds. The first-order chi connectivity index (χ1) is 9.88. The molecule has 100 valence electrons. The van der Waals surface area contributed by atoms with E-state index in [1.807, 2.05) is 48.5 Å². The van der Waals surface area contributed by atoms with Gasteiger partial charge in [0.05, 0.1) is 7.05 Å². The summed E-state index contributed by atoms with van der Waals surface area (Å²) in [5.74, 6) is 0. The second kappa shape index (κ2) is 7.93. The third-order valence-electron chi connectivity index (χ3n) is 3.08. The fourth-order valence-electron chi connectivity index (χ4n) is 1.93. The van der Waals surface area contributed by atoms with Crippen LogP contribution in [0.25, 0.3) is 0 Å². The van der Waals surface area contributed by atoms with Crippen molar-refractivity contribution in [2.75, 3.05) is 7.05 Å². The summed E-state index contributed by atoms with van der Waals surface area (Å²) >= 11 is 0. The van der Waals surface area contributed by atoms with Crippen LogP contribution in [-0.4, -0.2) is 7.05 Å². The van der Waals surface area contributed by atoms with Crippen molar-refractivity contribution in [1.29, 1.82) is 0 Å². The van der Waals surface area contributed by atoms with Crippen molar-refractivity contribution >= 4 is 11.4 Å². The van der Waals surface area contributed by atoms with Crippen LogP contribution < -0.4 is 4.90 Å². The van der Waals surface area contributed by atoms with Gasteiger partial charge in [0.2, 0.25) is 0 Å². The molecule has 0 aliphatic heterocycles. The van der Waals surface area contributed by atoms with Crippen molar-refractivity contribution in [3.05, 3.63) is 97.1 Å². The predicted octanol–water partition coefficient (Wildman–Crippen LogP) is 3.85. The van der Waals surface area contributed by atoms with Gasteiger partial charge in [0.25, 0.3) is 0 Å². The van der Waals surface area contributed by atoms with Gasteiger partial charge in [0, 0.05) is 0 Å². The number of para-hydroxylation sites is 2. The Labute approximate surface area is 121 Å². The molecular weight excluding hydrogens is 242 g/mol. The van der Waals surface area contributed by atoms with E-state index in [-0.39, 0.29) is 0 Å². The van der Waals surface area contributed by atoms with Crippen molar-refractivity contribution in [2.45, 2.75) is 0 Å². The second-order valence-corrected chi connectivity index (χ2v) is 4.51. The number of hydrogen-bond donors (Lipinski definition) is 1. The molecular formula is C19H20N+. The Morgan fingerprint density at radius 2 is 0.700 bits per heavy atom. The maximum Gasteiger partial charge on any atom is 0.136 e. The van der Waals surface area contributed by atoms with Crippen LogP contribution in [0.5, 0.6) is 0 Å². The smallest absolute Gasteiger partial charge is 0.136 e. The quantitative estimate of drug-likeness (QED) is 0.715. The monoisotopic (exact) mass is 262 g/mol. The molecule has 3 rings (SSSR count). The lowest BCUT2D eigenvalue weighted by atomic mass is 10.2. The third-order valence-corrected chi connectivity index (χ3v) is 3.08. The maximum absolute atomic E-state index is 2.16. The Balaban J connectivity index is 0.000000205. The number of quaternary nitrogens is 1. The summed E-state index contributed by atoms with van der Waals surface area (Å²) in [5.41, 5.74) is 2.58. The highest BCUT2D eigenvalue weighted by molar-refractivity contribution is 5.36. The van der Waals surface area contributed by atoms with Crippen LogP contribution in [0.2, 0.25) is 0 Å². The molecule has 1 nitrogen and oxygen atoms in total. The summed E-state index contributed by atoms with van der Waals surface area (Å²) in [6, 6.07) is 32.9. The zero-order valence-corrected chi connectivity index (χ0v) is 11.7. The van der Waals surface area contributed by atoms with E-state index >= 15 is 0 Å². The van der Waals surface area contributed by atoms with Gasteiger partial charge in [-0.1, -0.05) is 72.8 Å². The van der Waals surface area contributed by atoms with Crippen LogP contribution in [0.4, 0.5) is 11.4 Å². The van der Waals surface area contributed by atoms with E-state index in [0.29, 0.717) is 0 Å². The van der Waals surface area contributed by atoms with E-state index in [9.17, 15) is 0 Å². The largest absolute Gasteiger partial charge is 0.273 e. The molecule has 0 heterocycles. The first-order valence-electron chi connectivity index (χ1n) is 6.82. The molecule has 1 heteroatoms. The molecule has 0 atom stereocenters. The Kier molecular flexibility index (Phi) is 5.56. The van der Waals surface area contributed by atoms with Gasteiger partial charge in [-0.3, -0.25) is 4.90 Å². The molecule has 0 saturated carbocycles. The van der Waals surface area contributed by atoms with Crippen molar-refractivity contribution in [3.8, 4) is 0 Å². The minimum absolute atomic E-state index is 1.29.